The Bertz CT molecular complexity index is 511. The third kappa shape index (κ3) is 2.19. The zero-order chi connectivity index (χ0) is 10.1. The lowest BCUT2D eigenvalue weighted by Crippen LogP contribution is -2.12. The number of aromatic nitrogens is 1. The van der Waals surface area contributed by atoms with Gasteiger partial charge in [-0.1, -0.05) is 29.8 Å². The minimum absolute atomic E-state index is 0. The Kier molecular flexibility index (Phi) is 3.50. The van der Waals surface area contributed by atoms with E-state index >= 15 is 0 Å². The smallest absolute Gasteiger partial charge is 0.141 e. The quantitative estimate of drug-likeness (QED) is 0.596. The molecule has 1 aromatic heterocycles. The second-order valence-electron chi connectivity index (χ2n) is 2.92. The molecule has 0 saturated carbocycles. The molecule has 0 radical (unpaired) electrons. The zero-order valence-electron chi connectivity index (χ0n) is 7.70. The number of amidine groups is 1. The van der Waals surface area contributed by atoms with Crippen LogP contribution < -0.4 is 5.73 Å². The highest BCUT2D eigenvalue weighted by atomic mass is 35.5. The predicted octanol–water partition coefficient (Wildman–Crippen LogP) is 2.59. The number of nitrogens with zero attached hydrogens (tertiary/aromatic N) is 1. The molecule has 0 saturated heterocycles. The Balaban J connectivity index is 0.00000112. The standard InChI is InChI=1S/C10H8ClN3.ClH/c11-7-3-1-2-6-4-5-8(10(12)13)14-9(6)7;/h1-5H,(H3,12,13);1H. The molecule has 3 nitrogen and oxygen atoms in total. The van der Waals surface area contributed by atoms with E-state index in [4.69, 9.17) is 22.7 Å². The Morgan fingerprint density at radius 1 is 1.27 bits per heavy atom. The molecule has 0 fully saturated rings. The van der Waals surface area contributed by atoms with Gasteiger partial charge >= 0.3 is 0 Å². The van der Waals surface area contributed by atoms with E-state index in [1.807, 2.05) is 18.2 Å². The highest BCUT2D eigenvalue weighted by Crippen LogP contribution is 2.21. The molecule has 3 N–H and O–H groups in total. The van der Waals surface area contributed by atoms with Gasteiger partial charge in [0.05, 0.1) is 10.5 Å². The summed E-state index contributed by atoms with van der Waals surface area (Å²) in [5, 5.41) is 8.77. The van der Waals surface area contributed by atoms with Crippen molar-refractivity contribution in [2.75, 3.05) is 0 Å². The molecular formula is C10H9Cl2N3. The summed E-state index contributed by atoms with van der Waals surface area (Å²) in [6, 6.07) is 9.10. The number of hydrogen-bond donors (Lipinski definition) is 2. The van der Waals surface area contributed by atoms with Crippen molar-refractivity contribution in [2.24, 2.45) is 5.73 Å². The van der Waals surface area contributed by atoms with Crippen molar-refractivity contribution in [1.29, 1.82) is 5.41 Å². The molecule has 1 heterocycles. The van der Waals surface area contributed by atoms with E-state index in [9.17, 15) is 0 Å². The largest absolute Gasteiger partial charge is 0.382 e. The number of hydrogen-bond acceptors (Lipinski definition) is 2. The molecule has 0 bridgehead atoms. The number of nitrogens with two attached hydrogens (primary N) is 1. The molecule has 5 heteroatoms. The van der Waals surface area contributed by atoms with Crippen LogP contribution in [0.3, 0.4) is 0 Å². The van der Waals surface area contributed by atoms with Gasteiger partial charge < -0.3 is 5.73 Å². The fraction of sp³-hybridized carbons (Fsp3) is 0. The summed E-state index contributed by atoms with van der Waals surface area (Å²) >= 11 is 5.96. The Labute approximate surface area is 98.2 Å². The van der Waals surface area contributed by atoms with Crippen LogP contribution in [-0.2, 0) is 0 Å². The van der Waals surface area contributed by atoms with Gasteiger partial charge in [-0.15, -0.1) is 12.4 Å². The number of nitrogen functional groups attached to an aromatic ring is 1. The van der Waals surface area contributed by atoms with Crippen LogP contribution in [0.5, 0.6) is 0 Å². The van der Waals surface area contributed by atoms with Crippen molar-refractivity contribution in [3.05, 3.63) is 41.0 Å². The van der Waals surface area contributed by atoms with Gasteiger partial charge in [0.2, 0.25) is 0 Å². The van der Waals surface area contributed by atoms with E-state index in [1.54, 1.807) is 12.1 Å². The minimum atomic E-state index is -0.0492. The maximum Gasteiger partial charge on any atom is 0.141 e. The third-order valence-electron chi connectivity index (χ3n) is 1.95. The SMILES string of the molecule is Cl.N=C(N)c1ccc2cccc(Cl)c2n1. The summed E-state index contributed by atoms with van der Waals surface area (Å²) in [6.45, 7) is 0. The zero-order valence-corrected chi connectivity index (χ0v) is 9.27. The van der Waals surface area contributed by atoms with Crippen molar-refractivity contribution < 1.29 is 0 Å². The number of nitrogens with one attached hydrogen (secondary N) is 1. The van der Waals surface area contributed by atoms with E-state index in [-0.39, 0.29) is 18.2 Å². The van der Waals surface area contributed by atoms with E-state index in [0.717, 1.165) is 5.39 Å². The van der Waals surface area contributed by atoms with Gasteiger partial charge in [0.15, 0.2) is 0 Å². The molecule has 78 valence electrons. The van der Waals surface area contributed by atoms with E-state index < -0.39 is 0 Å². The number of fused-ring (bicyclic) bond motifs is 1. The molecule has 15 heavy (non-hydrogen) atoms. The second kappa shape index (κ2) is 4.47. The Morgan fingerprint density at radius 2 is 2.00 bits per heavy atom. The van der Waals surface area contributed by atoms with Crippen LogP contribution in [0.2, 0.25) is 5.02 Å². The van der Waals surface area contributed by atoms with E-state index in [1.165, 1.54) is 0 Å². The van der Waals surface area contributed by atoms with Crippen molar-refractivity contribution in [1.82, 2.24) is 4.98 Å². The topological polar surface area (TPSA) is 62.8 Å². The molecule has 0 aliphatic heterocycles. The molecule has 0 amide bonds. The number of benzene rings is 1. The average Bonchev–Trinajstić information content (AvgIpc) is 2.18. The molecule has 0 unspecified atom stereocenters. The van der Waals surface area contributed by atoms with Crippen LogP contribution in [0.25, 0.3) is 10.9 Å². The van der Waals surface area contributed by atoms with Gasteiger partial charge in [-0.05, 0) is 12.1 Å². The van der Waals surface area contributed by atoms with Gasteiger partial charge in [-0.2, -0.15) is 0 Å². The fourth-order valence-electron chi connectivity index (χ4n) is 1.26. The summed E-state index contributed by atoms with van der Waals surface area (Å²) in [5.41, 5.74) is 6.46. The summed E-state index contributed by atoms with van der Waals surface area (Å²) in [5.74, 6) is -0.0492. The maximum absolute atomic E-state index is 7.25. The lowest BCUT2D eigenvalue weighted by molar-refractivity contribution is 1.31. The number of para-hydroxylation sites is 1. The van der Waals surface area contributed by atoms with Crippen molar-refractivity contribution >= 4 is 40.7 Å². The monoisotopic (exact) mass is 241 g/mol. The number of rotatable bonds is 1. The molecule has 0 aliphatic rings. The van der Waals surface area contributed by atoms with Gasteiger partial charge in [0.25, 0.3) is 0 Å². The van der Waals surface area contributed by atoms with Gasteiger partial charge in [0.1, 0.15) is 11.5 Å². The highest BCUT2D eigenvalue weighted by Gasteiger charge is 2.03. The van der Waals surface area contributed by atoms with Gasteiger partial charge in [-0.3, -0.25) is 5.41 Å². The minimum Gasteiger partial charge on any atom is -0.382 e. The van der Waals surface area contributed by atoms with E-state index in [0.29, 0.717) is 16.2 Å². The maximum atomic E-state index is 7.25. The molecule has 0 atom stereocenters. The lowest BCUT2D eigenvalue weighted by Gasteiger charge is -2.02. The lowest BCUT2D eigenvalue weighted by atomic mass is 10.2. The molecule has 2 aromatic rings. The first kappa shape index (κ1) is 11.8. The first-order valence-corrected chi connectivity index (χ1v) is 4.46. The Hall–Kier alpha value is -1.32. The summed E-state index contributed by atoms with van der Waals surface area (Å²) in [6.07, 6.45) is 0. The first-order valence-electron chi connectivity index (χ1n) is 4.08. The predicted molar refractivity (Wildman–Crippen MR) is 65.0 cm³/mol. The molecule has 0 spiro atoms. The Morgan fingerprint density at radius 3 is 2.67 bits per heavy atom. The van der Waals surface area contributed by atoms with Crippen LogP contribution in [0.4, 0.5) is 0 Å². The van der Waals surface area contributed by atoms with Crippen LogP contribution in [0, 0.1) is 5.41 Å². The molecule has 2 rings (SSSR count). The van der Waals surface area contributed by atoms with Gasteiger partial charge in [-0.25, -0.2) is 4.98 Å². The van der Waals surface area contributed by atoms with Gasteiger partial charge in [0, 0.05) is 5.39 Å². The summed E-state index contributed by atoms with van der Waals surface area (Å²) in [4.78, 5) is 4.19. The number of pyridine rings is 1. The third-order valence-corrected chi connectivity index (χ3v) is 2.25. The van der Waals surface area contributed by atoms with Crippen molar-refractivity contribution in [3.63, 3.8) is 0 Å². The van der Waals surface area contributed by atoms with Crippen molar-refractivity contribution in [2.45, 2.75) is 0 Å². The second-order valence-corrected chi connectivity index (χ2v) is 3.33. The normalized spacial score (nSPS) is 9.67. The average molecular weight is 242 g/mol. The highest BCUT2D eigenvalue weighted by molar-refractivity contribution is 6.35. The van der Waals surface area contributed by atoms with Crippen LogP contribution in [-0.4, -0.2) is 10.8 Å². The van der Waals surface area contributed by atoms with Crippen LogP contribution >= 0.6 is 24.0 Å². The summed E-state index contributed by atoms with van der Waals surface area (Å²) in [7, 11) is 0. The molecular weight excluding hydrogens is 233 g/mol. The fourth-order valence-corrected chi connectivity index (χ4v) is 1.49. The van der Waals surface area contributed by atoms with Crippen molar-refractivity contribution in [3.8, 4) is 0 Å². The van der Waals surface area contributed by atoms with Crippen LogP contribution in [0.1, 0.15) is 5.69 Å². The molecule has 0 aliphatic carbocycles. The summed E-state index contributed by atoms with van der Waals surface area (Å²) < 4.78 is 0. The molecule has 1 aromatic carbocycles. The first-order chi connectivity index (χ1) is 6.68. The number of halogens is 2. The van der Waals surface area contributed by atoms with E-state index in [2.05, 4.69) is 4.98 Å². The van der Waals surface area contributed by atoms with Crippen LogP contribution in [0.15, 0.2) is 30.3 Å².